The molecule has 0 amide bonds. The zero-order valence-corrected chi connectivity index (χ0v) is 11.2. The van der Waals surface area contributed by atoms with Crippen LogP contribution in [0.25, 0.3) is 0 Å². The van der Waals surface area contributed by atoms with E-state index in [9.17, 15) is 0 Å². The minimum atomic E-state index is 0.0859. The zero-order valence-electron chi connectivity index (χ0n) is 11.2. The molecule has 0 saturated carbocycles. The summed E-state index contributed by atoms with van der Waals surface area (Å²) in [6.07, 6.45) is 3.78. The van der Waals surface area contributed by atoms with E-state index in [4.69, 9.17) is 5.73 Å². The summed E-state index contributed by atoms with van der Waals surface area (Å²) in [5, 5.41) is 3.78. The molecule has 2 fully saturated rings. The van der Waals surface area contributed by atoms with E-state index in [1.54, 1.807) is 0 Å². The van der Waals surface area contributed by atoms with Crippen molar-refractivity contribution in [2.24, 2.45) is 5.73 Å². The Morgan fingerprint density at radius 3 is 3.00 bits per heavy atom. The van der Waals surface area contributed by atoms with Crippen LogP contribution in [0.2, 0.25) is 0 Å². The van der Waals surface area contributed by atoms with Crippen LogP contribution in [0, 0.1) is 6.92 Å². The highest BCUT2D eigenvalue weighted by molar-refractivity contribution is 5.53. The number of hydrogen-bond donors (Lipinski definition) is 2. The number of hydrogen-bond acceptors (Lipinski definition) is 3. The molecule has 18 heavy (non-hydrogen) atoms. The van der Waals surface area contributed by atoms with E-state index in [0.29, 0.717) is 6.04 Å². The highest BCUT2D eigenvalue weighted by atomic mass is 15.3. The first-order chi connectivity index (χ1) is 8.75. The predicted octanol–water partition coefficient (Wildman–Crippen LogP) is 1.97. The van der Waals surface area contributed by atoms with Crippen LogP contribution in [-0.4, -0.2) is 36.1 Å². The zero-order chi connectivity index (χ0) is 12.6. The van der Waals surface area contributed by atoms with Gasteiger partial charge >= 0.3 is 0 Å². The van der Waals surface area contributed by atoms with E-state index in [-0.39, 0.29) is 5.54 Å². The Morgan fingerprint density at radius 1 is 1.39 bits per heavy atom. The lowest BCUT2D eigenvalue weighted by atomic mass is 9.88. The fourth-order valence-electron chi connectivity index (χ4n) is 3.65. The number of nitrogens with one attached hydrogen (secondary N) is 1. The number of nitrogens with zero attached hydrogens (tertiary/aromatic N) is 1. The SMILES string of the molecule is Cc1ccccc1NC1(CN)CCN2CCCC21. The maximum absolute atomic E-state index is 6.13. The standard InChI is InChI=1S/C15H23N3/c1-12-5-2-3-6-13(12)17-15(11-16)8-10-18-9-4-7-14(15)18/h2-3,5-6,14,17H,4,7-11,16H2,1H3. The number of nitrogens with two attached hydrogens (primary N) is 1. The van der Waals surface area contributed by atoms with Crippen molar-refractivity contribution in [2.45, 2.75) is 37.8 Å². The fourth-order valence-corrected chi connectivity index (χ4v) is 3.65. The van der Waals surface area contributed by atoms with Gasteiger partial charge in [-0.15, -0.1) is 0 Å². The second-order valence-electron chi connectivity index (χ2n) is 5.74. The topological polar surface area (TPSA) is 41.3 Å². The van der Waals surface area contributed by atoms with Crippen LogP contribution >= 0.6 is 0 Å². The summed E-state index contributed by atoms with van der Waals surface area (Å²) in [5.74, 6) is 0. The molecule has 1 aromatic carbocycles. The van der Waals surface area contributed by atoms with Gasteiger partial charge in [0.15, 0.2) is 0 Å². The van der Waals surface area contributed by atoms with Gasteiger partial charge in [-0.25, -0.2) is 0 Å². The average molecular weight is 245 g/mol. The first-order valence-corrected chi connectivity index (χ1v) is 7.03. The van der Waals surface area contributed by atoms with Crippen molar-refractivity contribution < 1.29 is 0 Å². The van der Waals surface area contributed by atoms with E-state index in [2.05, 4.69) is 41.4 Å². The largest absolute Gasteiger partial charge is 0.376 e. The fraction of sp³-hybridized carbons (Fsp3) is 0.600. The number of rotatable bonds is 3. The van der Waals surface area contributed by atoms with Gasteiger partial charge in [-0.05, 0) is 44.4 Å². The lowest BCUT2D eigenvalue weighted by molar-refractivity contribution is 0.280. The smallest absolute Gasteiger partial charge is 0.0662 e. The first-order valence-electron chi connectivity index (χ1n) is 7.03. The summed E-state index contributed by atoms with van der Waals surface area (Å²) in [7, 11) is 0. The Hall–Kier alpha value is -1.06. The second-order valence-corrected chi connectivity index (χ2v) is 5.74. The second kappa shape index (κ2) is 4.56. The van der Waals surface area contributed by atoms with Crippen molar-refractivity contribution in [1.82, 2.24) is 4.90 Å². The van der Waals surface area contributed by atoms with Crippen LogP contribution in [-0.2, 0) is 0 Å². The first kappa shape index (κ1) is 12.0. The lowest BCUT2D eigenvalue weighted by Crippen LogP contribution is -2.53. The number of anilines is 1. The van der Waals surface area contributed by atoms with Gasteiger partial charge in [-0.1, -0.05) is 18.2 Å². The van der Waals surface area contributed by atoms with Crippen LogP contribution in [0.4, 0.5) is 5.69 Å². The Morgan fingerprint density at radius 2 is 2.22 bits per heavy atom. The van der Waals surface area contributed by atoms with Gasteiger partial charge < -0.3 is 11.1 Å². The maximum Gasteiger partial charge on any atom is 0.0662 e. The minimum absolute atomic E-state index is 0.0859. The Labute approximate surface area is 109 Å². The average Bonchev–Trinajstić information content (AvgIpc) is 2.96. The molecule has 98 valence electrons. The van der Waals surface area contributed by atoms with E-state index in [1.165, 1.54) is 43.6 Å². The van der Waals surface area contributed by atoms with Crippen LogP contribution in [0.15, 0.2) is 24.3 Å². The molecule has 2 aliphatic heterocycles. The molecule has 0 bridgehead atoms. The normalized spacial score (nSPS) is 31.6. The molecule has 3 nitrogen and oxygen atoms in total. The van der Waals surface area contributed by atoms with Gasteiger partial charge in [-0.2, -0.15) is 0 Å². The molecule has 0 aromatic heterocycles. The highest BCUT2D eigenvalue weighted by Gasteiger charge is 2.48. The van der Waals surface area contributed by atoms with Crippen LogP contribution in [0.5, 0.6) is 0 Å². The van der Waals surface area contributed by atoms with E-state index < -0.39 is 0 Å². The predicted molar refractivity (Wildman–Crippen MR) is 75.8 cm³/mol. The molecule has 0 aliphatic carbocycles. The molecule has 3 rings (SSSR count). The molecule has 2 aliphatic rings. The third-order valence-corrected chi connectivity index (χ3v) is 4.74. The van der Waals surface area contributed by atoms with E-state index in [0.717, 1.165) is 6.54 Å². The molecular weight excluding hydrogens is 222 g/mol. The Bertz CT molecular complexity index is 432. The molecule has 2 unspecified atom stereocenters. The van der Waals surface area contributed by atoms with Gasteiger partial charge in [0.25, 0.3) is 0 Å². The van der Waals surface area contributed by atoms with Crippen molar-refractivity contribution in [1.29, 1.82) is 0 Å². The summed E-state index contributed by atoms with van der Waals surface area (Å²) in [6.45, 7) is 5.33. The molecular formula is C15H23N3. The summed E-state index contributed by atoms with van der Waals surface area (Å²) in [5.41, 5.74) is 8.77. The van der Waals surface area contributed by atoms with Crippen molar-refractivity contribution in [3.05, 3.63) is 29.8 Å². The highest BCUT2D eigenvalue weighted by Crippen LogP contribution is 2.38. The maximum atomic E-state index is 6.13. The van der Waals surface area contributed by atoms with E-state index >= 15 is 0 Å². The molecule has 2 heterocycles. The van der Waals surface area contributed by atoms with Crippen LogP contribution < -0.4 is 11.1 Å². The number of aryl methyl sites for hydroxylation is 1. The van der Waals surface area contributed by atoms with Crippen LogP contribution in [0.3, 0.4) is 0 Å². The summed E-state index contributed by atoms with van der Waals surface area (Å²) < 4.78 is 0. The summed E-state index contributed by atoms with van der Waals surface area (Å²) >= 11 is 0. The molecule has 1 aromatic rings. The van der Waals surface area contributed by atoms with E-state index in [1.807, 2.05) is 0 Å². The van der Waals surface area contributed by atoms with Crippen LogP contribution in [0.1, 0.15) is 24.8 Å². The quantitative estimate of drug-likeness (QED) is 0.855. The van der Waals surface area contributed by atoms with Gasteiger partial charge in [0.05, 0.1) is 5.54 Å². The number of fused-ring (bicyclic) bond motifs is 1. The third-order valence-electron chi connectivity index (χ3n) is 4.74. The molecule has 3 heteroatoms. The molecule has 0 spiro atoms. The molecule has 2 saturated heterocycles. The van der Waals surface area contributed by atoms with Gasteiger partial charge in [0, 0.05) is 24.8 Å². The Kier molecular flexibility index (Phi) is 3.04. The molecule has 0 radical (unpaired) electrons. The monoisotopic (exact) mass is 245 g/mol. The molecule has 2 atom stereocenters. The van der Waals surface area contributed by atoms with Gasteiger partial charge in [0.1, 0.15) is 0 Å². The Balaban J connectivity index is 1.87. The number of benzene rings is 1. The molecule has 3 N–H and O–H groups in total. The minimum Gasteiger partial charge on any atom is -0.376 e. The van der Waals surface area contributed by atoms with Crippen molar-refractivity contribution in [3.8, 4) is 0 Å². The number of para-hydroxylation sites is 1. The summed E-state index contributed by atoms with van der Waals surface area (Å²) in [4.78, 5) is 2.61. The lowest BCUT2D eigenvalue weighted by Gasteiger charge is -2.36. The summed E-state index contributed by atoms with van der Waals surface area (Å²) in [6, 6.07) is 9.15. The van der Waals surface area contributed by atoms with Crippen molar-refractivity contribution in [2.75, 3.05) is 25.0 Å². The van der Waals surface area contributed by atoms with Gasteiger partial charge in [0.2, 0.25) is 0 Å². The van der Waals surface area contributed by atoms with Gasteiger partial charge in [-0.3, -0.25) is 4.90 Å². The third kappa shape index (κ3) is 1.82. The van der Waals surface area contributed by atoms with Crippen molar-refractivity contribution >= 4 is 5.69 Å². The van der Waals surface area contributed by atoms with Crippen molar-refractivity contribution in [3.63, 3.8) is 0 Å².